The summed E-state index contributed by atoms with van der Waals surface area (Å²) in [6.45, 7) is 1.70. The number of rotatable bonds is 3. The van der Waals surface area contributed by atoms with Crippen LogP contribution in [0.4, 0.5) is 5.69 Å². The summed E-state index contributed by atoms with van der Waals surface area (Å²) in [7, 11) is 0. The van der Waals surface area contributed by atoms with Crippen molar-refractivity contribution in [3.05, 3.63) is 58.5 Å². The summed E-state index contributed by atoms with van der Waals surface area (Å²) in [5, 5.41) is 0. The first kappa shape index (κ1) is 13.9. The molecule has 3 aromatic rings. The molecule has 0 amide bonds. The Morgan fingerprint density at radius 2 is 2.09 bits per heavy atom. The predicted molar refractivity (Wildman–Crippen MR) is 84.3 cm³/mol. The van der Waals surface area contributed by atoms with E-state index >= 15 is 0 Å². The second kappa shape index (κ2) is 5.40. The highest BCUT2D eigenvalue weighted by molar-refractivity contribution is 5.92. The average Bonchev–Trinajstić information content (AvgIpc) is 2.80. The van der Waals surface area contributed by atoms with Crippen molar-refractivity contribution in [2.24, 2.45) is 0 Å². The number of ether oxygens (including phenoxy) is 1. The molecule has 0 saturated heterocycles. The van der Waals surface area contributed by atoms with E-state index in [1.165, 1.54) is 0 Å². The molecule has 2 aromatic carbocycles. The minimum Gasteiger partial charge on any atom is -0.484 e. The normalized spacial score (nSPS) is 10.8. The molecular weight excluding hydrogens is 282 g/mol. The van der Waals surface area contributed by atoms with Gasteiger partial charge in [-0.15, -0.1) is 0 Å². The molecule has 3 rings (SSSR count). The van der Waals surface area contributed by atoms with Gasteiger partial charge in [-0.2, -0.15) is 0 Å². The van der Waals surface area contributed by atoms with Gasteiger partial charge in [0.25, 0.3) is 5.91 Å². The fourth-order valence-corrected chi connectivity index (χ4v) is 2.28. The molecule has 1 heterocycles. The second-order valence-corrected chi connectivity index (χ2v) is 5.04. The van der Waals surface area contributed by atoms with Crippen molar-refractivity contribution in [1.29, 1.82) is 0 Å². The molecule has 112 valence electrons. The van der Waals surface area contributed by atoms with Crippen molar-refractivity contribution in [2.75, 3.05) is 12.3 Å². The minimum absolute atomic E-state index is 0.231. The highest BCUT2D eigenvalue weighted by Gasteiger charge is 2.14. The maximum atomic E-state index is 12.3. The van der Waals surface area contributed by atoms with Gasteiger partial charge in [-0.3, -0.25) is 4.79 Å². The molecule has 22 heavy (non-hydrogen) atoms. The number of nitrogens with zero attached hydrogens (tertiary/aromatic N) is 1. The van der Waals surface area contributed by atoms with Crippen molar-refractivity contribution >= 4 is 22.6 Å². The third kappa shape index (κ3) is 2.58. The van der Waals surface area contributed by atoms with Gasteiger partial charge >= 0.3 is 5.69 Å². The zero-order valence-corrected chi connectivity index (χ0v) is 12.0. The summed E-state index contributed by atoms with van der Waals surface area (Å²) in [6, 6.07) is 12.3. The van der Waals surface area contributed by atoms with Gasteiger partial charge in [0.1, 0.15) is 5.75 Å². The van der Waals surface area contributed by atoms with E-state index in [-0.39, 0.29) is 6.61 Å². The number of fused-ring (bicyclic) bond motifs is 1. The lowest BCUT2D eigenvalue weighted by molar-refractivity contribution is 0.0838. The van der Waals surface area contributed by atoms with Crippen LogP contribution >= 0.6 is 0 Å². The maximum absolute atomic E-state index is 12.3. The third-order valence-electron chi connectivity index (χ3n) is 3.31. The number of aryl methyl sites for hydroxylation is 1. The zero-order valence-electron chi connectivity index (χ0n) is 12.0. The Morgan fingerprint density at radius 3 is 2.86 bits per heavy atom. The highest BCUT2D eigenvalue weighted by atomic mass is 16.5. The first-order chi connectivity index (χ1) is 10.5. The number of carbonyl (C=O) groups is 1. The van der Waals surface area contributed by atoms with Crippen molar-refractivity contribution in [3.63, 3.8) is 0 Å². The maximum Gasteiger partial charge on any atom is 0.333 e. The first-order valence-corrected chi connectivity index (χ1v) is 6.77. The number of aromatic amines is 1. The molecule has 0 spiro atoms. The van der Waals surface area contributed by atoms with Crippen molar-refractivity contribution in [3.8, 4) is 5.75 Å². The lowest BCUT2D eigenvalue weighted by Crippen LogP contribution is -2.28. The third-order valence-corrected chi connectivity index (χ3v) is 3.31. The summed E-state index contributed by atoms with van der Waals surface area (Å²) in [5.41, 5.74) is 7.73. The van der Waals surface area contributed by atoms with Crippen molar-refractivity contribution in [2.45, 2.75) is 6.92 Å². The smallest absolute Gasteiger partial charge is 0.333 e. The lowest BCUT2D eigenvalue weighted by Gasteiger charge is -2.07. The number of carbonyl (C=O) groups excluding carboxylic acids is 1. The van der Waals surface area contributed by atoms with Crippen LogP contribution in [0, 0.1) is 6.92 Å². The number of imidazole rings is 1. The number of nitrogens with one attached hydrogen (secondary N) is 1. The van der Waals surface area contributed by atoms with Gasteiger partial charge in [-0.05, 0) is 42.8 Å². The van der Waals surface area contributed by atoms with E-state index in [9.17, 15) is 9.59 Å². The highest BCUT2D eigenvalue weighted by Crippen LogP contribution is 2.15. The first-order valence-electron chi connectivity index (χ1n) is 6.77. The monoisotopic (exact) mass is 297 g/mol. The zero-order chi connectivity index (χ0) is 15.7. The van der Waals surface area contributed by atoms with Crippen molar-refractivity contribution in [1.82, 2.24) is 9.55 Å². The average molecular weight is 297 g/mol. The van der Waals surface area contributed by atoms with E-state index in [4.69, 9.17) is 10.5 Å². The molecule has 0 unspecified atom stereocenters. The molecule has 1 aromatic heterocycles. The SMILES string of the molecule is Cc1cccc(OCC(=O)n2c(=O)[nH]c3ccc(N)cc32)c1. The van der Waals surface area contributed by atoms with Gasteiger partial charge in [0.15, 0.2) is 6.61 Å². The summed E-state index contributed by atoms with van der Waals surface area (Å²) >= 11 is 0. The molecule has 0 atom stereocenters. The number of H-pyrrole nitrogens is 1. The Kier molecular flexibility index (Phi) is 3.42. The number of hydrogen-bond donors (Lipinski definition) is 2. The predicted octanol–water partition coefficient (Wildman–Crippen LogP) is 1.94. The Morgan fingerprint density at radius 1 is 1.27 bits per heavy atom. The van der Waals surface area contributed by atoms with Gasteiger partial charge in [0.05, 0.1) is 11.0 Å². The van der Waals surface area contributed by atoms with E-state index < -0.39 is 11.6 Å². The van der Waals surface area contributed by atoms with Gasteiger partial charge < -0.3 is 15.5 Å². The van der Waals surface area contributed by atoms with Crippen LogP contribution in [0.1, 0.15) is 10.4 Å². The largest absolute Gasteiger partial charge is 0.484 e. The van der Waals surface area contributed by atoms with E-state index in [0.717, 1.165) is 10.1 Å². The summed E-state index contributed by atoms with van der Waals surface area (Å²) in [6.07, 6.45) is 0. The summed E-state index contributed by atoms with van der Waals surface area (Å²) in [4.78, 5) is 26.9. The van der Waals surface area contributed by atoms with Crippen LogP contribution in [-0.4, -0.2) is 22.1 Å². The van der Waals surface area contributed by atoms with Crippen LogP contribution in [0.3, 0.4) is 0 Å². The molecule has 3 N–H and O–H groups in total. The van der Waals surface area contributed by atoms with E-state index in [2.05, 4.69) is 4.98 Å². The quantitative estimate of drug-likeness (QED) is 0.723. The molecule has 0 saturated carbocycles. The summed E-state index contributed by atoms with van der Waals surface area (Å²) in [5.74, 6) is 0.129. The van der Waals surface area contributed by atoms with E-state index in [1.54, 1.807) is 24.3 Å². The number of hydrogen-bond acceptors (Lipinski definition) is 4. The minimum atomic E-state index is -0.501. The van der Waals surface area contributed by atoms with Crippen LogP contribution in [0.15, 0.2) is 47.3 Å². The van der Waals surface area contributed by atoms with Crippen LogP contribution in [0.25, 0.3) is 11.0 Å². The van der Waals surface area contributed by atoms with Gasteiger partial charge in [0, 0.05) is 5.69 Å². The molecule has 0 aliphatic heterocycles. The molecule has 0 aliphatic rings. The lowest BCUT2D eigenvalue weighted by atomic mass is 10.2. The van der Waals surface area contributed by atoms with Crippen LogP contribution in [0.5, 0.6) is 5.75 Å². The number of nitrogen functional groups attached to an aromatic ring is 1. The topological polar surface area (TPSA) is 90.1 Å². The Labute approximate surface area is 126 Å². The molecule has 6 nitrogen and oxygen atoms in total. The van der Waals surface area contributed by atoms with Gasteiger partial charge in [-0.25, -0.2) is 9.36 Å². The van der Waals surface area contributed by atoms with E-state index in [1.807, 2.05) is 25.1 Å². The number of anilines is 1. The Bertz CT molecular complexity index is 908. The Hall–Kier alpha value is -3.02. The fourth-order valence-electron chi connectivity index (χ4n) is 2.28. The fraction of sp³-hybridized carbons (Fsp3) is 0.125. The standard InChI is InChI=1S/C16H15N3O3/c1-10-3-2-4-12(7-10)22-9-15(20)19-14-8-11(17)5-6-13(14)18-16(19)21/h2-8H,9,17H2,1H3,(H,18,21). The molecule has 0 aliphatic carbocycles. The molecule has 0 bridgehead atoms. The molecule has 0 radical (unpaired) electrons. The number of aromatic nitrogens is 2. The molecule has 6 heteroatoms. The van der Waals surface area contributed by atoms with Crippen molar-refractivity contribution < 1.29 is 9.53 Å². The van der Waals surface area contributed by atoms with Gasteiger partial charge in [-0.1, -0.05) is 12.1 Å². The second-order valence-electron chi connectivity index (χ2n) is 5.04. The molecule has 0 fully saturated rings. The van der Waals surface area contributed by atoms with Crippen LogP contribution in [-0.2, 0) is 0 Å². The number of benzene rings is 2. The van der Waals surface area contributed by atoms with E-state index in [0.29, 0.717) is 22.5 Å². The number of nitrogens with two attached hydrogens (primary N) is 1. The van der Waals surface area contributed by atoms with Crippen LogP contribution in [0.2, 0.25) is 0 Å². The summed E-state index contributed by atoms with van der Waals surface area (Å²) < 4.78 is 6.50. The Balaban J connectivity index is 1.88. The van der Waals surface area contributed by atoms with Crippen LogP contribution < -0.4 is 16.2 Å². The molecular formula is C16H15N3O3. The van der Waals surface area contributed by atoms with Gasteiger partial charge in [0.2, 0.25) is 0 Å².